The van der Waals surface area contributed by atoms with Crippen LogP contribution in [0.25, 0.3) is 44.2 Å². The highest BCUT2D eigenvalue weighted by Crippen LogP contribution is 2.37. The van der Waals surface area contributed by atoms with Gasteiger partial charge in [0.05, 0.1) is 17.1 Å². The Morgan fingerprint density at radius 2 is 1.88 bits per heavy atom. The fraction of sp³-hybridized carbons (Fsp3) is 0.280. The Morgan fingerprint density at radius 1 is 1.00 bits per heavy atom. The summed E-state index contributed by atoms with van der Waals surface area (Å²) in [5, 5.41) is 6.34. The Kier molecular flexibility index (Phi) is 4.80. The third-order valence-electron chi connectivity index (χ3n) is 6.44. The largest absolute Gasteiger partial charge is 0.474 e. The number of ether oxygens (including phenoxy) is 1. The van der Waals surface area contributed by atoms with Crippen LogP contribution in [0.3, 0.4) is 0 Å². The first-order valence-corrected chi connectivity index (χ1v) is 11.2. The molecule has 0 atom stereocenters. The van der Waals surface area contributed by atoms with Crippen LogP contribution in [0.15, 0.2) is 55.4 Å². The molecule has 33 heavy (non-hydrogen) atoms. The molecule has 1 aromatic carbocycles. The van der Waals surface area contributed by atoms with Crippen molar-refractivity contribution in [3.63, 3.8) is 0 Å². The fourth-order valence-electron chi connectivity index (χ4n) is 4.64. The average Bonchev–Trinajstić information content (AvgIpc) is 3.47. The number of benzene rings is 1. The molecule has 8 nitrogen and oxygen atoms in total. The molecule has 1 fully saturated rings. The maximum Gasteiger partial charge on any atom is 0.224 e. The van der Waals surface area contributed by atoms with E-state index in [0.29, 0.717) is 5.88 Å². The number of aromatic amines is 1. The van der Waals surface area contributed by atoms with Gasteiger partial charge >= 0.3 is 0 Å². The van der Waals surface area contributed by atoms with E-state index in [1.165, 1.54) is 0 Å². The molecule has 1 saturated heterocycles. The second kappa shape index (κ2) is 7.97. The normalized spacial score (nSPS) is 15.5. The van der Waals surface area contributed by atoms with Crippen LogP contribution in [0.1, 0.15) is 12.8 Å². The number of hydrogen-bond acceptors (Lipinski definition) is 6. The number of pyridine rings is 1. The van der Waals surface area contributed by atoms with Gasteiger partial charge in [-0.05, 0) is 49.2 Å². The summed E-state index contributed by atoms with van der Waals surface area (Å²) in [7, 11) is 4.08. The summed E-state index contributed by atoms with van der Waals surface area (Å²) in [4.78, 5) is 19.2. The van der Waals surface area contributed by atoms with Crippen LogP contribution in [-0.4, -0.2) is 60.9 Å². The van der Waals surface area contributed by atoms with Gasteiger partial charge in [-0.3, -0.25) is 4.68 Å². The van der Waals surface area contributed by atoms with Crippen molar-refractivity contribution in [2.45, 2.75) is 18.9 Å². The monoisotopic (exact) mass is 439 g/mol. The lowest BCUT2D eigenvalue weighted by Crippen LogP contribution is -2.35. The van der Waals surface area contributed by atoms with Gasteiger partial charge in [0.15, 0.2) is 0 Å². The molecule has 1 aliphatic heterocycles. The van der Waals surface area contributed by atoms with Gasteiger partial charge in [-0.1, -0.05) is 6.07 Å². The number of nitrogens with zero attached hydrogens (tertiary/aromatic N) is 6. The molecule has 0 spiro atoms. The van der Waals surface area contributed by atoms with Crippen molar-refractivity contribution >= 4 is 21.9 Å². The van der Waals surface area contributed by atoms with E-state index < -0.39 is 0 Å². The van der Waals surface area contributed by atoms with Gasteiger partial charge in [0.25, 0.3) is 0 Å². The predicted molar refractivity (Wildman–Crippen MR) is 128 cm³/mol. The van der Waals surface area contributed by atoms with E-state index in [1.54, 1.807) is 6.33 Å². The maximum atomic E-state index is 6.36. The van der Waals surface area contributed by atoms with E-state index in [9.17, 15) is 0 Å². The summed E-state index contributed by atoms with van der Waals surface area (Å²) in [5.41, 5.74) is 6.02. The van der Waals surface area contributed by atoms with Gasteiger partial charge in [-0.25, -0.2) is 15.0 Å². The van der Waals surface area contributed by atoms with Crippen LogP contribution < -0.4 is 4.74 Å². The van der Waals surface area contributed by atoms with E-state index >= 15 is 0 Å². The molecule has 8 heteroatoms. The number of piperidine rings is 1. The lowest BCUT2D eigenvalue weighted by Gasteiger charge is -2.29. The summed E-state index contributed by atoms with van der Waals surface area (Å²) in [6.07, 6.45) is 11.5. The van der Waals surface area contributed by atoms with Crippen LogP contribution >= 0.6 is 0 Å². The van der Waals surface area contributed by atoms with Crippen LogP contribution in [0.5, 0.6) is 5.88 Å². The molecule has 0 radical (unpaired) electrons. The number of aryl methyl sites for hydroxylation is 1. The van der Waals surface area contributed by atoms with Gasteiger partial charge in [0, 0.05) is 55.2 Å². The Balaban J connectivity index is 1.44. The van der Waals surface area contributed by atoms with Gasteiger partial charge < -0.3 is 14.6 Å². The minimum Gasteiger partial charge on any atom is -0.474 e. The van der Waals surface area contributed by atoms with Crippen molar-refractivity contribution < 1.29 is 4.74 Å². The summed E-state index contributed by atoms with van der Waals surface area (Å²) in [5.74, 6) is 0.654. The third kappa shape index (κ3) is 3.62. The Labute approximate surface area is 191 Å². The molecular weight excluding hydrogens is 414 g/mol. The number of hydrogen-bond donors (Lipinski definition) is 1. The molecule has 6 rings (SSSR count). The first kappa shape index (κ1) is 19.9. The summed E-state index contributed by atoms with van der Waals surface area (Å²) >= 11 is 0. The van der Waals surface area contributed by atoms with Crippen LogP contribution in [0.2, 0.25) is 0 Å². The quantitative estimate of drug-likeness (QED) is 0.455. The molecule has 4 aromatic heterocycles. The third-order valence-corrected chi connectivity index (χ3v) is 6.44. The molecule has 0 bridgehead atoms. The van der Waals surface area contributed by atoms with Gasteiger partial charge in [-0.15, -0.1) is 0 Å². The number of H-pyrrole nitrogens is 1. The molecule has 5 heterocycles. The lowest BCUT2D eigenvalue weighted by molar-refractivity contribution is 0.111. The number of nitrogens with one attached hydrogen (secondary N) is 1. The highest BCUT2D eigenvalue weighted by atomic mass is 16.5. The number of likely N-dealkylation sites (tertiary alicyclic amines) is 1. The SMILES string of the molecule is CN1CCC(Oc2ncnc3ccc(-c4c[nH]c5nccc(-c6cnn(C)c6)c45)cc23)CC1. The molecule has 0 amide bonds. The maximum absolute atomic E-state index is 6.36. The van der Waals surface area contributed by atoms with E-state index in [0.717, 1.165) is 70.1 Å². The van der Waals surface area contributed by atoms with Crippen molar-refractivity contribution in [1.29, 1.82) is 0 Å². The summed E-state index contributed by atoms with van der Waals surface area (Å²) in [6, 6.07) is 8.29. The van der Waals surface area contributed by atoms with Crippen molar-refractivity contribution in [3.05, 3.63) is 55.4 Å². The molecule has 1 N–H and O–H groups in total. The first-order valence-electron chi connectivity index (χ1n) is 11.2. The van der Waals surface area contributed by atoms with Gasteiger partial charge in [0.2, 0.25) is 5.88 Å². The van der Waals surface area contributed by atoms with Crippen LogP contribution in [0.4, 0.5) is 0 Å². The fourth-order valence-corrected chi connectivity index (χ4v) is 4.64. The van der Waals surface area contributed by atoms with E-state index in [1.807, 2.05) is 48.6 Å². The second-order valence-corrected chi connectivity index (χ2v) is 8.72. The number of rotatable bonds is 4. The van der Waals surface area contributed by atoms with E-state index in [-0.39, 0.29) is 6.10 Å². The Hall–Kier alpha value is -3.78. The van der Waals surface area contributed by atoms with Gasteiger partial charge in [0.1, 0.15) is 18.1 Å². The minimum atomic E-state index is 0.178. The Bertz CT molecular complexity index is 1450. The Morgan fingerprint density at radius 3 is 2.70 bits per heavy atom. The number of aromatic nitrogens is 6. The van der Waals surface area contributed by atoms with Crippen molar-refractivity contribution in [2.75, 3.05) is 20.1 Å². The molecule has 0 unspecified atom stereocenters. The number of fused-ring (bicyclic) bond motifs is 2. The van der Waals surface area contributed by atoms with Gasteiger partial charge in [-0.2, -0.15) is 5.10 Å². The standard InChI is InChI=1S/C25H25N7O/c1-31-9-6-18(7-10-31)33-25-20-11-16(3-4-22(20)28-15-29-25)21-13-27-24-23(21)19(5-8-26-24)17-12-30-32(2)14-17/h3-5,8,11-15,18H,6-7,9-10H2,1-2H3,(H,26,27). The smallest absolute Gasteiger partial charge is 0.224 e. The highest BCUT2D eigenvalue weighted by molar-refractivity contribution is 6.05. The molecule has 1 aliphatic rings. The minimum absolute atomic E-state index is 0.178. The van der Waals surface area contributed by atoms with Crippen molar-refractivity contribution in [1.82, 2.24) is 34.6 Å². The van der Waals surface area contributed by atoms with Crippen LogP contribution in [0, 0.1) is 0 Å². The zero-order valence-electron chi connectivity index (χ0n) is 18.7. The predicted octanol–water partition coefficient (Wildman–Crippen LogP) is 4.05. The lowest BCUT2D eigenvalue weighted by atomic mass is 9.98. The average molecular weight is 440 g/mol. The van der Waals surface area contributed by atoms with E-state index in [2.05, 4.69) is 49.1 Å². The zero-order chi connectivity index (χ0) is 22.4. The molecule has 5 aromatic rings. The summed E-state index contributed by atoms with van der Waals surface area (Å²) in [6.45, 7) is 2.08. The van der Waals surface area contributed by atoms with Crippen LogP contribution in [-0.2, 0) is 7.05 Å². The highest BCUT2D eigenvalue weighted by Gasteiger charge is 2.20. The molecular formula is C25H25N7O. The molecule has 0 aliphatic carbocycles. The zero-order valence-corrected chi connectivity index (χ0v) is 18.7. The second-order valence-electron chi connectivity index (χ2n) is 8.72. The topological polar surface area (TPSA) is 84.8 Å². The van der Waals surface area contributed by atoms with Crippen molar-refractivity contribution in [3.8, 4) is 28.1 Å². The molecule has 166 valence electrons. The summed E-state index contributed by atoms with van der Waals surface area (Å²) < 4.78 is 8.18. The van der Waals surface area contributed by atoms with Crippen molar-refractivity contribution in [2.24, 2.45) is 7.05 Å². The van der Waals surface area contributed by atoms with E-state index in [4.69, 9.17) is 4.74 Å². The first-order chi connectivity index (χ1) is 16.2. The molecule has 0 saturated carbocycles.